The van der Waals surface area contributed by atoms with E-state index in [0.29, 0.717) is 19.5 Å². The first-order chi connectivity index (χ1) is 9.83. The van der Waals surface area contributed by atoms with Crippen LogP contribution in [0.2, 0.25) is 0 Å². The van der Waals surface area contributed by atoms with E-state index in [1.54, 1.807) is 6.07 Å². The number of hydrogen-bond donors (Lipinski definition) is 1. The molecule has 116 valence electrons. The van der Waals surface area contributed by atoms with Gasteiger partial charge in [0.15, 0.2) is 0 Å². The zero-order valence-corrected chi connectivity index (χ0v) is 11.4. The van der Waals surface area contributed by atoms with Crippen LogP contribution in [0.3, 0.4) is 0 Å². The molecule has 1 saturated heterocycles. The van der Waals surface area contributed by atoms with Gasteiger partial charge in [0, 0.05) is 25.9 Å². The maximum Gasteiger partial charge on any atom is 0.573 e. The summed E-state index contributed by atoms with van der Waals surface area (Å²) in [6.07, 6.45) is -4.40. The molecule has 1 aliphatic heterocycles. The molecule has 0 amide bonds. The van der Waals surface area contributed by atoms with Crippen LogP contribution in [0, 0.1) is 0 Å². The van der Waals surface area contributed by atoms with Gasteiger partial charge in [-0.05, 0) is 24.1 Å². The predicted octanol–water partition coefficient (Wildman–Crippen LogP) is 2.59. The third-order valence-corrected chi connectivity index (χ3v) is 3.21. The van der Waals surface area contributed by atoms with Gasteiger partial charge in [-0.15, -0.1) is 13.2 Å². The van der Waals surface area contributed by atoms with Gasteiger partial charge in [-0.3, -0.25) is 4.79 Å². The zero-order chi connectivity index (χ0) is 15.5. The summed E-state index contributed by atoms with van der Waals surface area (Å²) in [6.45, 7) is 2.50. The Kier molecular flexibility index (Phi) is 4.72. The molecule has 0 aliphatic carbocycles. The summed E-state index contributed by atoms with van der Waals surface area (Å²) < 4.78 is 45.7. The number of carbonyl (C=O) groups excluding carboxylic acids is 1. The van der Waals surface area contributed by atoms with E-state index in [1.807, 2.05) is 0 Å². The van der Waals surface area contributed by atoms with E-state index in [0.717, 1.165) is 5.56 Å². The average Bonchev–Trinajstić information content (AvgIpc) is 2.36. The molecule has 0 aromatic heterocycles. The van der Waals surface area contributed by atoms with Crippen molar-refractivity contribution >= 4 is 5.97 Å². The summed E-state index contributed by atoms with van der Waals surface area (Å²) in [6, 6.07) is 5.89. The molecule has 2 rings (SSSR count). The first-order valence-electron chi connectivity index (χ1n) is 6.57. The lowest BCUT2D eigenvalue weighted by molar-refractivity contribution is -0.274. The van der Waals surface area contributed by atoms with Crippen molar-refractivity contribution < 1.29 is 27.4 Å². The molecule has 0 bridgehead atoms. The van der Waals surface area contributed by atoms with Crippen LogP contribution in [-0.4, -0.2) is 31.5 Å². The summed E-state index contributed by atoms with van der Waals surface area (Å²) in [4.78, 5) is 11.0. The van der Waals surface area contributed by atoms with E-state index in [-0.39, 0.29) is 23.7 Å². The third kappa shape index (κ3) is 4.93. The van der Waals surface area contributed by atoms with Gasteiger partial charge in [0.05, 0.1) is 0 Å². The van der Waals surface area contributed by atoms with Crippen LogP contribution in [-0.2, 0) is 9.53 Å². The van der Waals surface area contributed by atoms with Gasteiger partial charge >= 0.3 is 12.3 Å². The Balaban J connectivity index is 2.07. The van der Waals surface area contributed by atoms with Gasteiger partial charge in [0.25, 0.3) is 0 Å². The van der Waals surface area contributed by atoms with Crippen molar-refractivity contribution in [1.82, 2.24) is 5.32 Å². The Labute approximate surface area is 120 Å². The van der Waals surface area contributed by atoms with E-state index in [4.69, 9.17) is 4.74 Å². The molecule has 1 N–H and O–H groups in total. The number of nitrogens with one attached hydrogen (secondary N) is 1. The maximum atomic E-state index is 12.2. The molecular formula is C14H16F3NO3. The van der Waals surface area contributed by atoms with Gasteiger partial charge in [-0.1, -0.05) is 12.1 Å². The minimum atomic E-state index is -4.70. The van der Waals surface area contributed by atoms with Crippen molar-refractivity contribution in [3.63, 3.8) is 0 Å². The fourth-order valence-electron chi connectivity index (χ4n) is 2.45. The van der Waals surface area contributed by atoms with E-state index in [1.165, 1.54) is 25.1 Å². The first kappa shape index (κ1) is 15.6. The molecule has 0 saturated carbocycles. The number of halogens is 3. The highest BCUT2D eigenvalue weighted by Gasteiger charge is 2.31. The largest absolute Gasteiger partial charge is 0.573 e. The highest BCUT2D eigenvalue weighted by Crippen LogP contribution is 2.29. The quantitative estimate of drug-likeness (QED) is 0.872. The van der Waals surface area contributed by atoms with Crippen LogP contribution in [0.5, 0.6) is 5.75 Å². The fourth-order valence-corrected chi connectivity index (χ4v) is 2.45. The van der Waals surface area contributed by atoms with E-state index >= 15 is 0 Å². The van der Waals surface area contributed by atoms with Gasteiger partial charge in [0.2, 0.25) is 0 Å². The van der Waals surface area contributed by atoms with Crippen molar-refractivity contribution in [3.05, 3.63) is 29.8 Å². The second-order valence-corrected chi connectivity index (χ2v) is 4.94. The monoisotopic (exact) mass is 303 g/mol. The molecule has 21 heavy (non-hydrogen) atoms. The van der Waals surface area contributed by atoms with Gasteiger partial charge in [0.1, 0.15) is 11.9 Å². The Morgan fingerprint density at radius 3 is 2.76 bits per heavy atom. The molecule has 1 fully saturated rings. The molecule has 1 heterocycles. The highest BCUT2D eigenvalue weighted by molar-refractivity contribution is 5.66. The Bertz CT molecular complexity index is 504. The second-order valence-electron chi connectivity index (χ2n) is 4.94. The summed E-state index contributed by atoms with van der Waals surface area (Å²) in [5.74, 6) is -0.633. The SMILES string of the molecule is CC(=O)OC1CNCC(c2cccc(OC(F)(F)F)c2)C1. The molecule has 4 nitrogen and oxygen atoms in total. The van der Waals surface area contributed by atoms with Crippen molar-refractivity contribution in [2.75, 3.05) is 13.1 Å². The van der Waals surface area contributed by atoms with Crippen LogP contribution >= 0.6 is 0 Å². The molecule has 0 radical (unpaired) electrons. The van der Waals surface area contributed by atoms with Crippen molar-refractivity contribution in [2.45, 2.75) is 31.7 Å². The number of hydrogen-bond acceptors (Lipinski definition) is 4. The van der Waals surface area contributed by atoms with Crippen molar-refractivity contribution in [1.29, 1.82) is 0 Å². The lowest BCUT2D eigenvalue weighted by Crippen LogP contribution is -2.40. The smallest absolute Gasteiger partial charge is 0.461 e. The minimum absolute atomic E-state index is 0.0279. The summed E-state index contributed by atoms with van der Waals surface area (Å²) in [5, 5.41) is 3.12. The summed E-state index contributed by atoms with van der Waals surface area (Å²) >= 11 is 0. The third-order valence-electron chi connectivity index (χ3n) is 3.21. The first-order valence-corrected chi connectivity index (χ1v) is 6.57. The van der Waals surface area contributed by atoms with Gasteiger partial charge < -0.3 is 14.8 Å². The highest BCUT2D eigenvalue weighted by atomic mass is 19.4. The topological polar surface area (TPSA) is 47.6 Å². The van der Waals surface area contributed by atoms with E-state index < -0.39 is 6.36 Å². The van der Waals surface area contributed by atoms with Gasteiger partial charge in [-0.25, -0.2) is 0 Å². The van der Waals surface area contributed by atoms with Crippen LogP contribution in [0.25, 0.3) is 0 Å². The normalized spacial score (nSPS) is 22.7. The Morgan fingerprint density at radius 2 is 2.10 bits per heavy atom. The van der Waals surface area contributed by atoms with Crippen LogP contribution < -0.4 is 10.1 Å². The number of benzene rings is 1. The molecule has 0 spiro atoms. The molecule has 1 aromatic carbocycles. The van der Waals surface area contributed by atoms with Crippen LogP contribution in [0.1, 0.15) is 24.8 Å². The standard InChI is InChI=1S/C14H16F3NO3/c1-9(19)20-13-6-11(7-18-8-13)10-3-2-4-12(5-10)21-14(15,16)17/h2-5,11,13,18H,6-8H2,1H3. The van der Waals surface area contributed by atoms with Crippen LogP contribution in [0.4, 0.5) is 13.2 Å². The fraction of sp³-hybridized carbons (Fsp3) is 0.500. The number of ether oxygens (including phenoxy) is 2. The van der Waals surface area contributed by atoms with E-state index in [9.17, 15) is 18.0 Å². The lowest BCUT2D eigenvalue weighted by atomic mass is 9.90. The lowest BCUT2D eigenvalue weighted by Gasteiger charge is -2.30. The van der Waals surface area contributed by atoms with Crippen LogP contribution in [0.15, 0.2) is 24.3 Å². The summed E-state index contributed by atoms with van der Waals surface area (Å²) in [7, 11) is 0. The number of carbonyl (C=O) groups is 1. The zero-order valence-electron chi connectivity index (χ0n) is 11.4. The number of rotatable bonds is 3. The minimum Gasteiger partial charge on any atom is -0.461 e. The van der Waals surface area contributed by atoms with Crippen molar-refractivity contribution in [2.24, 2.45) is 0 Å². The average molecular weight is 303 g/mol. The molecule has 1 aromatic rings. The molecule has 2 atom stereocenters. The second kappa shape index (κ2) is 6.34. The van der Waals surface area contributed by atoms with Crippen molar-refractivity contribution in [3.8, 4) is 5.75 Å². The molecule has 1 aliphatic rings. The molecular weight excluding hydrogens is 287 g/mol. The maximum absolute atomic E-state index is 12.2. The molecule has 7 heteroatoms. The Morgan fingerprint density at radius 1 is 1.33 bits per heavy atom. The van der Waals surface area contributed by atoms with E-state index in [2.05, 4.69) is 10.1 Å². The van der Waals surface area contributed by atoms with Gasteiger partial charge in [-0.2, -0.15) is 0 Å². The number of esters is 1. The molecule has 2 unspecified atom stereocenters. The Hall–Kier alpha value is -1.76. The predicted molar refractivity (Wildman–Crippen MR) is 68.9 cm³/mol. The number of alkyl halides is 3. The summed E-state index contributed by atoms with van der Waals surface area (Å²) in [5.41, 5.74) is 0.723. The number of piperidine rings is 1.